The van der Waals surface area contributed by atoms with E-state index in [9.17, 15) is 4.79 Å². The van der Waals surface area contributed by atoms with Gasteiger partial charge in [-0.1, -0.05) is 6.92 Å². The Kier molecular flexibility index (Phi) is 4.91. The van der Waals surface area contributed by atoms with Gasteiger partial charge in [0.15, 0.2) is 0 Å². The van der Waals surface area contributed by atoms with Gasteiger partial charge in [0.2, 0.25) is 0 Å². The Morgan fingerprint density at radius 1 is 1.35 bits per heavy atom. The predicted octanol–water partition coefficient (Wildman–Crippen LogP) is 3.42. The lowest BCUT2D eigenvalue weighted by Gasteiger charge is -2.04. The summed E-state index contributed by atoms with van der Waals surface area (Å²) in [5.74, 6) is 3.01. The maximum Gasteiger partial charge on any atom is 0.277 e. The van der Waals surface area contributed by atoms with Crippen molar-refractivity contribution in [2.24, 2.45) is 0 Å². The molecule has 2 aromatic heterocycles. The van der Waals surface area contributed by atoms with Gasteiger partial charge in [0.05, 0.1) is 19.0 Å². The molecule has 122 valence electrons. The van der Waals surface area contributed by atoms with Gasteiger partial charge in [0.1, 0.15) is 16.8 Å². The molecule has 0 saturated heterocycles. The maximum atomic E-state index is 12.6. The molecule has 0 amide bonds. The third-order valence-electron chi connectivity index (χ3n) is 3.82. The van der Waals surface area contributed by atoms with Gasteiger partial charge in [-0.15, -0.1) is 0 Å². The van der Waals surface area contributed by atoms with Gasteiger partial charge in [-0.05, 0) is 36.5 Å². The van der Waals surface area contributed by atoms with E-state index in [0.29, 0.717) is 12.1 Å². The van der Waals surface area contributed by atoms with Crippen molar-refractivity contribution in [1.29, 1.82) is 0 Å². The van der Waals surface area contributed by atoms with Gasteiger partial charge in [-0.3, -0.25) is 9.36 Å². The minimum Gasteiger partial charge on any atom is -0.497 e. The van der Waals surface area contributed by atoms with Crippen LogP contribution in [0.5, 0.6) is 5.75 Å². The van der Waals surface area contributed by atoms with E-state index in [1.165, 1.54) is 12.2 Å². The number of thioether (sulfide) groups is 1. The first-order chi connectivity index (χ1) is 11.2. The van der Waals surface area contributed by atoms with E-state index in [4.69, 9.17) is 4.74 Å². The van der Waals surface area contributed by atoms with Gasteiger partial charge in [-0.25, -0.2) is 4.98 Å². The van der Waals surface area contributed by atoms with Gasteiger partial charge in [0, 0.05) is 18.0 Å². The summed E-state index contributed by atoms with van der Waals surface area (Å²) in [6, 6.07) is 5.71. The topological polar surface area (TPSA) is 59.9 Å². The molecule has 1 aromatic carbocycles. The van der Waals surface area contributed by atoms with E-state index in [1.807, 2.05) is 30.0 Å². The number of ether oxygens (including phenoxy) is 1. The second-order valence-corrected chi connectivity index (χ2v) is 6.69. The highest BCUT2D eigenvalue weighted by Gasteiger charge is 2.11. The molecule has 23 heavy (non-hydrogen) atoms. The number of nitrogens with one attached hydrogen (secondary N) is 1. The van der Waals surface area contributed by atoms with Crippen LogP contribution >= 0.6 is 11.8 Å². The second-order valence-electron chi connectivity index (χ2n) is 5.47. The van der Waals surface area contributed by atoms with Crippen molar-refractivity contribution in [3.8, 4) is 5.75 Å². The van der Waals surface area contributed by atoms with Crippen LogP contribution in [0.25, 0.3) is 21.9 Å². The lowest BCUT2D eigenvalue weighted by Crippen LogP contribution is -2.21. The SMILES string of the molecule is CCCSCCCn1cnc2c([nH]c3cc(OC)ccc32)c1=O. The van der Waals surface area contributed by atoms with Crippen molar-refractivity contribution in [2.75, 3.05) is 18.6 Å². The first kappa shape index (κ1) is 15.9. The molecule has 2 heterocycles. The van der Waals surface area contributed by atoms with E-state index < -0.39 is 0 Å². The fourth-order valence-corrected chi connectivity index (χ4v) is 3.47. The van der Waals surface area contributed by atoms with Crippen molar-refractivity contribution in [1.82, 2.24) is 14.5 Å². The van der Waals surface area contributed by atoms with E-state index >= 15 is 0 Å². The van der Waals surface area contributed by atoms with E-state index in [0.717, 1.165) is 34.3 Å². The van der Waals surface area contributed by atoms with Crippen LogP contribution in [0, 0.1) is 0 Å². The second kappa shape index (κ2) is 7.08. The highest BCUT2D eigenvalue weighted by atomic mass is 32.2. The molecule has 3 aromatic rings. The van der Waals surface area contributed by atoms with Gasteiger partial charge >= 0.3 is 0 Å². The summed E-state index contributed by atoms with van der Waals surface area (Å²) in [6.07, 6.45) is 3.83. The number of aromatic nitrogens is 3. The molecule has 0 saturated carbocycles. The molecule has 1 N–H and O–H groups in total. The Morgan fingerprint density at radius 2 is 2.22 bits per heavy atom. The molecule has 0 spiro atoms. The number of rotatable bonds is 7. The molecule has 0 unspecified atom stereocenters. The average Bonchev–Trinajstić information content (AvgIpc) is 2.95. The number of methoxy groups -OCH3 is 1. The summed E-state index contributed by atoms with van der Waals surface area (Å²) in [5.41, 5.74) is 2.16. The number of H-pyrrole nitrogens is 1. The number of benzene rings is 1. The minimum atomic E-state index is -0.00865. The fraction of sp³-hybridized carbons (Fsp3) is 0.412. The highest BCUT2D eigenvalue weighted by Crippen LogP contribution is 2.25. The zero-order valence-electron chi connectivity index (χ0n) is 13.5. The van der Waals surface area contributed by atoms with E-state index in [-0.39, 0.29) is 5.56 Å². The van der Waals surface area contributed by atoms with Crippen LogP contribution in [0.4, 0.5) is 0 Å². The quantitative estimate of drug-likeness (QED) is 0.674. The third-order valence-corrected chi connectivity index (χ3v) is 5.09. The predicted molar refractivity (Wildman–Crippen MR) is 96.6 cm³/mol. The zero-order valence-corrected chi connectivity index (χ0v) is 14.3. The Hall–Kier alpha value is -1.95. The standard InChI is InChI=1S/C17H21N3O2S/c1-3-8-23-9-4-7-20-11-18-15-13-6-5-12(22-2)10-14(13)19-16(15)17(20)21/h5-6,10-11,19H,3-4,7-9H2,1-2H3. The Labute approximate surface area is 139 Å². The number of hydrogen-bond donors (Lipinski definition) is 1. The van der Waals surface area contributed by atoms with Gasteiger partial charge in [-0.2, -0.15) is 11.8 Å². The molecule has 0 bridgehead atoms. The monoisotopic (exact) mass is 331 g/mol. The molecule has 0 fully saturated rings. The largest absolute Gasteiger partial charge is 0.497 e. The minimum absolute atomic E-state index is 0.00865. The fourth-order valence-electron chi connectivity index (χ4n) is 2.64. The number of hydrogen-bond acceptors (Lipinski definition) is 4. The van der Waals surface area contributed by atoms with Crippen molar-refractivity contribution in [3.05, 3.63) is 34.9 Å². The van der Waals surface area contributed by atoms with Crippen molar-refractivity contribution < 1.29 is 4.74 Å². The number of aryl methyl sites for hydroxylation is 1. The number of fused-ring (bicyclic) bond motifs is 3. The smallest absolute Gasteiger partial charge is 0.277 e. The van der Waals surface area contributed by atoms with Gasteiger partial charge < -0.3 is 9.72 Å². The lowest BCUT2D eigenvalue weighted by atomic mass is 10.2. The highest BCUT2D eigenvalue weighted by molar-refractivity contribution is 7.99. The number of nitrogens with zero attached hydrogens (tertiary/aromatic N) is 2. The Bertz CT molecular complexity index is 869. The molecule has 0 aliphatic carbocycles. The van der Waals surface area contributed by atoms with E-state index in [2.05, 4.69) is 16.9 Å². The normalized spacial score (nSPS) is 11.4. The Morgan fingerprint density at radius 3 is 3.00 bits per heavy atom. The molecule has 0 aliphatic heterocycles. The summed E-state index contributed by atoms with van der Waals surface area (Å²) in [7, 11) is 1.63. The first-order valence-electron chi connectivity index (χ1n) is 7.87. The summed E-state index contributed by atoms with van der Waals surface area (Å²) >= 11 is 1.93. The average molecular weight is 331 g/mol. The summed E-state index contributed by atoms with van der Waals surface area (Å²) in [4.78, 5) is 20.3. The van der Waals surface area contributed by atoms with Crippen LogP contribution in [0.15, 0.2) is 29.3 Å². The van der Waals surface area contributed by atoms with Crippen LogP contribution in [-0.4, -0.2) is 33.2 Å². The van der Waals surface area contributed by atoms with Crippen LogP contribution in [-0.2, 0) is 6.54 Å². The molecular weight excluding hydrogens is 310 g/mol. The molecule has 0 radical (unpaired) electrons. The van der Waals surface area contributed by atoms with Crippen molar-refractivity contribution >= 4 is 33.7 Å². The number of aromatic amines is 1. The van der Waals surface area contributed by atoms with Crippen LogP contribution in [0.1, 0.15) is 19.8 Å². The van der Waals surface area contributed by atoms with E-state index in [1.54, 1.807) is 18.0 Å². The summed E-state index contributed by atoms with van der Waals surface area (Å²) < 4.78 is 6.93. The van der Waals surface area contributed by atoms with Crippen molar-refractivity contribution in [2.45, 2.75) is 26.3 Å². The maximum absolute atomic E-state index is 12.6. The van der Waals surface area contributed by atoms with Gasteiger partial charge in [0.25, 0.3) is 5.56 Å². The summed E-state index contributed by atoms with van der Waals surface area (Å²) in [5, 5.41) is 0.948. The molecule has 0 atom stereocenters. The van der Waals surface area contributed by atoms with Crippen LogP contribution in [0.3, 0.4) is 0 Å². The zero-order chi connectivity index (χ0) is 16.2. The van der Waals surface area contributed by atoms with Crippen molar-refractivity contribution in [3.63, 3.8) is 0 Å². The Balaban J connectivity index is 1.89. The summed E-state index contributed by atoms with van der Waals surface area (Å²) in [6.45, 7) is 2.89. The molecule has 5 nitrogen and oxygen atoms in total. The molecule has 0 aliphatic rings. The molecule has 6 heteroatoms. The molecular formula is C17H21N3O2S. The molecule has 3 rings (SSSR count). The van der Waals surface area contributed by atoms with Crippen LogP contribution in [0.2, 0.25) is 0 Å². The lowest BCUT2D eigenvalue weighted by molar-refractivity contribution is 0.415. The van der Waals surface area contributed by atoms with Crippen LogP contribution < -0.4 is 10.3 Å². The first-order valence-corrected chi connectivity index (χ1v) is 9.02. The third kappa shape index (κ3) is 3.22.